The maximum absolute atomic E-state index is 13.6. The number of anilines is 1. The number of ether oxygens (including phenoxy) is 1. The highest BCUT2D eigenvalue weighted by molar-refractivity contribution is 5.94. The van der Waals surface area contributed by atoms with E-state index in [9.17, 15) is 14.0 Å². The molecule has 0 radical (unpaired) electrons. The lowest BCUT2D eigenvalue weighted by atomic mass is 9.80. The van der Waals surface area contributed by atoms with E-state index in [0.717, 1.165) is 31.0 Å². The van der Waals surface area contributed by atoms with Gasteiger partial charge in [-0.25, -0.2) is 9.18 Å². The van der Waals surface area contributed by atoms with Crippen LogP contribution in [0.3, 0.4) is 0 Å². The first-order valence-corrected chi connectivity index (χ1v) is 6.94. The highest BCUT2D eigenvalue weighted by atomic mass is 19.1. The van der Waals surface area contributed by atoms with Crippen molar-refractivity contribution in [1.82, 2.24) is 0 Å². The van der Waals surface area contributed by atoms with E-state index in [4.69, 9.17) is 9.84 Å². The largest absolute Gasteiger partial charge is 0.478 e. The highest BCUT2D eigenvalue weighted by Gasteiger charge is 2.31. The van der Waals surface area contributed by atoms with E-state index in [1.54, 1.807) is 0 Å². The smallest absolute Gasteiger partial charge is 0.335 e. The number of rotatable bonds is 6. The second kappa shape index (κ2) is 6.67. The summed E-state index contributed by atoms with van der Waals surface area (Å²) < 4.78 is 19.0. The van der Waals surface area contributed by atoms with Crippen LogP contribution in [0.2, 0.25) is 0 Å². The number of nitrogens with one attached hydrogen (secondary N) is 1. The summed E-state index contributed by atoms with van der Waals surface area (Å²) in [5.41, 5.74) is -0.160. The Morgan fingerprint density at radius 3 is 2.76 bits per heavy atom. The Labute approximate surface area is 122 Å². The molecule has 2 rings (SSSR count). The van der Waals surface area contributed by atoms with Gasteiger partial charge in [0.15, 0.2) is 0 Å². The van der Waals surface area contributed by atoms with Crippen LogP contribution in [0.15, 0.2) is 18.2 Å². The van der Waals surface area contributed by atoms with Crippen molar-refractivity contribution in [3.8, 4) is 0 Å². The fraction of sp³-hybridized carbons (Fsp3) is 0.467. The molecule has 0 aliphatic heterocycles. The predicted octanol–water partition coefficient (Wildman–Crippen LogP) is 2.67. The van der Waals surface area contributed by atoms with Gasteiger partial charge in [-0.1, -0.05) is 0 Å². The number of hydrogen-bond acceptors (Lipinski definition) is 3. The number of carboxylic acids is 1. The Balaban J connectivity index is 1.88. The van der Waals surface area contributed by atoms with Crippen molar-refractivity contribution >= 4 is 17.6 Å². The zero-order valence-electron chi connectivity index (χ0n) is 11.8. The van der Waals surface area contributed by atoms with Crippen LogP contribution in [0.1, 0.15) is 36.5 Å². The first kappa shape index (κ1) is 15.4. The standard InChI is InChI=1S/C15H18FNO4/c1-2-21-11-5-9(6-11)7-14(18)17-13-8-10(15(19)20)3-4-12(13)16/h3-4,8-9,11H,2,5-7H2,1H3,(H,17,18)(H,19,20). The monoisotopic (exact) mass is 295 g/mol. The zero-order chi connectivity index (χ0) is 15.4. The molecular formula is C15H18FNO4. The van der Waals surface area contributed by atoms with E-state index >= 15 is 0 Å². The van der Waals surface area contributed by atoms with Gasteiger partial charge in [0.05, 0.1) is 17.4 Å². The molecule has 6 heteroatoms. The van der Waals surface area contributed by atoms with Crippen LogP contribution >= 0.6 is 0 Å². The van der Waals surface area contributed by atoms with Crippen molar-refractivity contribution in [2.24, 2.45) is 5.92 Å². The fourth-order valence-corrected chi connectivity index (χ4v) is 2.43. The molecule has 0 saturated heterocycles. The first-order valence-electron chi connectivity index (χ1n) is 6.94. The van der Waals surface area contributed by atoms with Crippen molar-refractivity contribution in [1.29, 1.82) is 0 Å². The summed E-state index contributed by atoms with van der Waals surface area (Å²) in [5.74, 6) is -1.87. The molecule has 0 unspecified atom stereocenters. The molecule has 1 amide bonds. The highest BCUT2D eigenvalue weighted by Crippen LogP contribution is 2.33. The summed E-state index contributed by atoms with van der Waals surface area (Å²) in [5, 5.41) is 11.3. The molecule has 0 bridgehead atoms. The van der Waals surface area contributed by atoms with Crippen molar-refractivity contribution in [3.63, 3.8) is 0 Å². The number of halogens is 1. The van der Waals surface area contributed by atoms with Crippen LogP contribution in [0, 0.1) is 11.7 Å². The topological polar surface area (TPSA) is 75.6 Å². The summed E-state index contributed by atoms with van der Waals surface area (Å²) in [7, 11) is 0. The zero-order valence-corrected chi connectivity index (χ0v) is 11.8. The van der Waals surface area contributed by atoms with Crippen LogP contribution in [0.25, 0.3) is 0 Å². The number of amides is 1. The van der Waals surface area contributed by atoms with E-state index in [-0.39, 0.29) is 29.2 Å². The number of hydrogen-bond donors (Lipinski definition) is 2. The number of carbonyl (C=O) groups excluding carboxylic acids is 1. The number of carboxylic acid groups (broad SMARTS) is 1. The molecule has 0 aromatic heterocycles. The predicted molar refractivity (Wildman–Crippen MR) is 74.7 cm³/mol. The van der Waals surface area contributed by atoms with Gasteiger partial charge in [-0.2, -0.15) is 0 Å². The summed E-state index contributed by atoms with van der Waals surface area (Å²) in [4.78, 5) is 22.7. The first-order chi connectivity index (χ1) is 9.99. The second-order valence-corrected chi connectivity index (χ2v) is 5.17. The van der Waals surface area contributed by atoms with Gasteiger partial charge in [0.2, 0.25) is 5.91 Å². The molecule has 1 aliphatic rings. The van der Waals surface area contributed by atoms with E-state index in [2.05, 4.69) is 5.32 Å². The average Bonchev–Trinajstić information content (AvgIpc) is 2.38. The summed E-state index contributed by atoms with van der Waals surface area (Å²) in [6, 6.07) is 3.32. The van der Waals surface area contributed by atoms with E-state index < -0.39 is 11.8 Å². The Bertz CT molecular complexity index is 540. The van der Waals surface area contributed by atoms with Crippen molar-refractivity contribution < 1.29 is 23.8 Å². The van der Waals surface area contributed by atoms with Crippen LogP contribution in [-0.2, 0) is 9.53 Å². The molecule has 1 aromatic carbocycles. The minimum Gasteiger partial charge on any atom is -0.478 e. The molecule has 5 nitrogen and oxygen atoms in total. The van der Waals surface area contributed by atoms with Crippen LogP contribution < -0.4 is 5.32 Å². The lowest BCUT2D eigenvalue weighted by Crippen LogP contribution is -2.34. The molecule has 114 valence electrons. The van der Waals surface area contributed by atoms with Crippen molar-refractivity contribution in [2.75, 3.05) is 11.9 Å². The third kappa shape index (κ3) is 4.01. The normalized spacial score (nSPS) is 20.7. The van der Waals surface area contributed by atoms with Gasteiger partial charge in [0.1, 0.15) is 5.82 Å². The van der Waals surface area contributed by atoms with Crippen LogP contribution in [0.4, 0.5) is 10.1 Å². The van der Waals surface area contributed by atoms with Gasteiger partial charge in [0, 0.05) is 13.0 Å². The molecule has 2 N–H and O–H groups in total. The number of benzene rings is 1. The Morgan fingerprint density at radius 2 is 2.14 bits per heavy atom. The minimum atomic E-state index is -1.16. The van der Waals surface area contributed by atoms with Crippen LogP contribution in [-0.4, -0.2) is 29.7 Å². The molecule has 0 spiro atoms. The molecule has 1 aromatic rings. The Morgan fingerprint density at radius 1 is 1.43 bits per heavy atom. The second-order valence-electron chi connectivity index (χ2n) is 5.17. The van der Waals surface area contributed by atoms with E-state index in [1.165, 1.54) is 0 Å². The lowest BCUT2D eigenvalue weighted by Gasteiger charge is -2.34. The molecule has 1 fully saturated rings. The van der Waals surface area contributed by atoms with Gasteiger partial charge in [-0.3, -0.25) is 4.79 Å². The maximum Gasteiger partial charge on any atom is 0.335 e. The van der Waals surface area contributed by atoms with Crippen LogP contribution in [0.5, 0.6) is 0 Å². The van der Waals surface area contributed by atoms with Crippen molar-refractivity contribution in [3.05, 3.63) is 29.6 Å². The van der Waals surface area contributed by atoms with Gasteiger partial charge in [0.25, 0.3) is 0 Å². The quantitative estimate of drug-likeness (QED) is 0.846. The molecule has 21 heavy (non-hydrogen) atoms. The average molecular weight is 295 g/mol. The fourth-order valence-electron chi connectivity index (χ4n) is 2.43. The molecule has 0 heterocycles. The summed E-state index contributed by atoms with van der Waals surface area (Å²) >= 11 is 0. The third-order valence-electron chi connectivity index (χ3n) is 3.56. The number of carbonyl (C=O) groups is 2. The minimum absolute atomic E-state index is 0.0632. The van der Waals surface area contributed by atoms with E-state index in [0.29, 0.717) is 13.0 Å². The Kier molecular flexibility index (Phi) is 4.90. The maximum atomic E-state index is 13.6. The number of aromatic carboxylic acids is 1. The third-order valence-corrected chi connectivity index (χ3v) is 3.56. The lowest BCUT2D eigenvalue weighted by molar-refractivity contribution is -0.119. The van der Waals surface area contributed by atoms with Gasteiger partial charge >= 0.3 is 5.97 Å². The van der Waals surface area contributed by atoms with Gasteiger partial charge in [-0.15, -0.1) is 0 Å². The Hall–Kier alpha value is -1.95. The summed E-state index contributed by atoms with van der Waals surface area (Å²) in [6.45, 7) is 2.59. The van der Waals surface area contributed by atoms with Crippen molar-refractivity contribution in [2.45, 2.75) is 32.3 Å². The molecule has 1 saturated carbocycles. The van der Waals surface area contributed by atoms with Gasteiger partial charge in [-0.05, 0) is 43.9 Å². The molecule has 1 aliphatic carbocycles. The SMILES string of the molecule is CCOC1CC(CC(=O)Nc2cc(C(=O)O)ccc2F)C1. The molecular weight excluding hydrogens is 277 g/mol. The summed E-state index contributed by atoms with van der Waals surface area (Å²) in [6.07, 6.45) is 2.18. The van der Waals surface area contributed by atoms with E-state index in [1.807, 2.05) is 6.92 Å². The molecule has 0 atom stereocenters. The van der Waals surface area contributed by atoms with Gasteiger partial charge < -0.3 is 15.2 Å².